The van der Waals surface area contributed by atoms with Gasteiger partial charge in [0, 0.05) is 17.2 Å². The van der Waals surface area contributed by atoms with Gasteiger partial charge in [-0.15, -0.1) is 0 Å². The van der Waals surface area contributed by atoms with Crippen molar-refractivity contribution in [2.24, 2.45) is 0 Å². The lowest BCUT2D eigenvalue weighted by atomic mass is 10.1. The van der Waals surface area contributed by atoms with Gasteiger partial charge in [-0.2, -0.15) is 0 Å². The standard InChI is InChI=1S/C17H22N2O4S/c1-11-12(2)18-23-17(11)13-8-9-15(22-3)16(10-13)24(20,21)19-14-6-4-5-7-14/h8-10,14,19H,4-7H2,1-3H3. The second-order valence-corrected chi connectivity index (χ2v) is 7.87. The van der Waals surface area contributed by atoms with Gasteiger partial charge in [0.2, 0.25) is 10.0 Å². The molecule has 130 valence electrons. The third-order valence-electron chi connectivity index (χ3n) is 4.55. The Bertz CT molecular complexity index is 836. The van der Waals surface area contributed by atoms with Crippen LogP contribution >= 0.6 is 0 Å². The lowest BCUT2D eigenvalue weighted by Crippen LogP contribution is -2.32. The zero-order chi connectivity index (χ0) is 17.3. The van der Waals surface area contributed by atoms with E-state index in [0.717, 1.165) is 36.9 Å². The largest absolute Gasteiger partial charge is 0.495 e. The molecule has 6 nitrogen and oxygen atoms in total. The van der Waals surface area contributed by atoms with Crippen LogP contribution < -0.4 is 9.46 Å². The summed E-state index contributed by atoms with van der Waals surface area (Å²) >= 11 is 0. The second kappa shape index (κ2) is 6.57. The maximum atomic E-state index is 12.8. The Morgan fingerprint density at radius 1 is 1.25 bits per heavy atom. The van der Waals surface area contributed by atoms with E-state index in [4.69, 9.17) is 9.26 Å². The van der Waals surface area contributed by atoms with Gasteiger partial charge in [0.1, 0.15) is 10.6 Å². The highest BCUT2D eigenvalue weighted by atomic mass is 32.2. The molecule has 1 heterocycles. The molecular weight excluding hydrogens is 328 g/mol. The van der Waals surface area contributed by atoms with E-state index in [1.54, 1.807) is 18.2 Å². The highest BCUT2D eigenvalue weighted by Gasteiger charge is 2.26. The Morgan fingerprint density at radius 2 is 1.96 bits per heavy atom. The van der Waals surface area contributed by atoms with Gasteiger partial charge in [-0.1, -0.05) is 18.0 Å². The van der Waals surface area contributed by atoms with E-state index in [2.05, 4.69) is 9.88 Å². The summed E-state index contributed by atoms with van der Waals surface area (Å²) < 4.78 is 39.0. The Hall–Kier alpha value is -1.86. The molecule has 0 unspecified atom stereocenters. The fraction of sp³-hybridized carbons (Fsp3) is 0.471. The summed E-state index contributed by atoms with van der Waals surface area (Å²) in [7, 11) is -2.19. The van der Waals surface area contributed by atoms with Gasteiger partial charge in [-0.05, 0) is 44.9 Å². The molecule has 0 spiro atoms. The number of benzene rings is 1. The zero-order valence-corrected chi connectivity index (χ0v) is 14.9. The van der Waals surface area contributed by atoms with Crippen molar-refractivity contribution in [2.75, 3.05) is 7.11 Å². The molecule has 0 amide bonds. The van der Waals surface area contributed by atoms with Gasteiger partial charge < -0.3 is 9.26 Å². The number of sulfonamides is 1. The summed E-state index contributed by atoms with van der Waals surface area (Å²) in [6.45, 7) is 3.75. The number of nitrogens with zero attached hydrogens (tertiary/aromatic N) is 1. The van der Waals surface area contributed by atoms with E-state index in [1.807, 2.05) is 13.8 Å². The highest BCUT2D eigenvalue weighted by Crippen LogP contribution is 2.33. The van der Waals surface area contributed by atoms with Crippen molar-refractivity contribution in [3.05, 3.63) is 29.5 Å². The zero-order valence-electron chi connectivity index (χ0n) is 14.1. The fourth-order valence-corrected chi connectivity index (χ4v) is 4.54. The number of aromatic nitrogens is 1. The van der Waals surface area contributed by atoms with Gasteiger partial charge in [-0.25, -0.2) is 13.1 Å². The van der Waals surface area contributed by atoms with Crippen molar-refractivity contribution in [3.63, 3.8) is 0 Å². The smallest absolute Gasteiger partial charge is 0.244 e. The topological polar surface area (TPSA) is 81.4 Å². The second-order valence-electron chi connectivity index (χ2n) is 6.19. The molecular formula is C17H22N2O4S. The Kier molecular flexibility index (Phi) is 4.64. The van der Waals surface area contributed by atoms with Crippen molar-refractivity contribution in [1.29, 1.82) is 0 Å². The molecule has 3 rings (SSSR count). The van der Waals surface area contributed by atoms with Crippen molar-refractivity contribution in [2.45, 2.75) is 50.5 Å². The number of ether oxygens (including phenoxy) is 1. The molecule has 1 saturated carbocycles. The van der Waals surface area contributed by atoms with Crippen molar-refractivity contribution >= 4 is 10.0 Å². The van der Waals surface area contributed by atoms with E-state index < -0.39 is 10.0 Å². The molecule has 0 bridgehead atoms. The van der Waals surface area contributed by atoms with Gasteiger partial charge in [0.05, 0.1) is 12.8 Å². The number of hydrogen-bond acceptors (Lipinski definition) is 5. The molecule has 1 aliphatic rings. The quantitative estimate of drug-likeness (QED) is 0.895. The van der Waals surface area contributed by atoms with E-state index in [-0.39, 0.29) is 10.9 Å². The average Bonchev–Trinajstić information content (AvgIpc) is 3.17. The Labute approximate surface area is 142 Å². The van der Waals surface area contributed by atoms with E-state index in [0.29, 0.717) is 17.1 Å². The third-order valence-corrected chi connectivity index (χ3v) is 6.09. The van der Waals surface area contributed by atoms with Crippen LogP contribution in [0, 0.1) is 13.8 Å². The fourth-order valence-electron chi connectivity index (χ4n) is 3.04. The van der Waals surface area contributed by atoms with E-state index in [1.165, 1.54) is 7.11 Å². The van der Waals surface area contributed by atoms with Crippen LogP contribution in [0.2, 0.25) is 0 Å². The predicted octanol–water partition coefficient (Wildman–Crippen LogP) is 3.19. The Balaban J connectivity index is 2.02. The summed E-state index contributed by atoms with van der Waals surface area (Å²) in [6, 6.07) is 5.01. The Morgan fingerprint density at radius 3 is 2.54 bits per heavy atom. The molecule has 1 N–H and O–H groups in total. The third kappa shape index (κ3) is 3.18. The van der Waals surface area contributed by atoms with Crippen LogP contribution in [0.15, 0.2) is 27.6 Å². The van der Waals surface area contributed by atoms with Crippen molar-refractivity contribution in [1.82, 2.24) is 9.88 Å². The monoisotopic (exact) mass is 350 g/mol. The van der Waals surface area contributed by atoms with Gasteiger partial charge in [0.15, 0.2) is 5.76 Å². The lowest BCUT2D eigenvalue weighted by Gasteiger charge is -2.15. The summed E-state index contributed by atoms with van der Waals surface area (Å²) in [5, 5.41) is 3.94. The summed E-state index contributed by atoms with van der Waals surface area (Å²) in [4.78, 5) is 0.128. The molecule has 1 aromatic heterocycles. The van der Waals surface area contributed by atoms with Crippen LogP contribution in [0.4, 0.5) is 0 Å². The minimum absolute atomic E-state index is 0.00220. The summed E-state index contributed by atoms with van der Waals surface area (Å²) in [6.07, 6.45) is 3.87. The minimum Gasteiger partial charge on any atom is -0.495 e. The van der Waals surface area contributed by atoms with Crippen LogP contribution in [0.25, 0.3) is 11.3 Å². The molecule has 0 aliphatic heterocycles. The van der Waals surface area contributed by atoms with Crippen LogP contribution in [-0.4, -0.2) is 26.7 Å². The van der Waals surface area contributed by atoms with Crippen LogP contribution in [0.1, 0.15) is 36.9 Å². The van der Waals surface area contributed by atoms with E-state index in [9.17, 15) is 8.42 Å². The van der Waals surface area contributed by atoms with Crippen LogP contribution in [-0.2, 0) is 10.0 Å². The number of nitrogens with one attached hydrogen (secondary N) is 1. The number of hydrogen-bond donors (Lipinski definition) is 1. The lowest BCUT2D eigenvalue weighted by molar-refractivity contribution is 0.401. The normalized spacial score (nSPS) is 15.8. The minimum atomic E-state index is -3.66. The molecule has 2 aromatic rings. The maximum absolute atomic E-state index is 12.8. The van der Waals surface area contributed by atoms with Crippen LogP contribution in [0.3, 0.4) is 0 Å². The highest BCUT2D eigenvalue weighted by molar-refractivity contribution is 7.89. The van der Waals surface area contributed by atoms with E-state index >= 15 is 0 Å². The first-order valence-electron chi connectivity index (χ1n) is 8.06. The molecule has 1 aliphatic carbocycles. The molecule has 24 heavy (non-hydrogen) atoms. The molecule has 0 saturated heterocycles. The first-order chi connectivity index (χ1) is 11.4. The SMILES string of the molecule is COc1ccc(-c2onc(C)c2C)cc1S(=O)(=O)NC1CCCC1. The molecule has 0 atom stereocenters. The molecule has 0 radical (unpaired) electrons. The van der Waals surface area contributed by atoms with Crippen molar-refractivity contribution < 1.29 is 17.7 Å². The first-order valence-corrected chi connectivity index (χ1v) is 9.54. The summed E-state index contributed by atoms with van der Waals surface area (Å²) in [5.41, 5.74) is 2.35. The maximum Gasteiger partial charge on any atom is 0.244 e. The van der Waals surface area contributed by atoms with Gasteiger partial charge in [0.25, 0.3) is 0 Å². The van der Waals surface area contributed by atoms with Crippen LogP contribution in [0.5, 0.6) is 5.75 Å². The number of aryl methyl sites for hydroxylation is 1. The first kappa shape index (κ1) is 17.0. The molecule has 1 aromatic carbocycles. The molecule has 7 heteroatoms. The van der Waals surface area contributed by atoms with Gasteiger partial charge >= 0.3 is 0 Å². The predicted molar refractivity (Wildman–Crippen MR) is 90.5 cm³/mol. The molecule has 1 fully saturated rings. The average molecular weight is 350 g/mol. The van der Waals surface area contributed by atoms with Crippen molar-refractivity contribution in [3.8, 4) is 17.1 Å². The van der Waals surface area contributed by atoms with Gasteiger partial charge in [-0.3, -0.25) is 0 Å². The number of rotatable bonds is 5. The number of methoxy groups -OCH3 is 1. The summed E-state index contributed by atoms with van der Waals surface area (Å²) in [5.74, 6) is 0.894.